The van der Waals surface area contributed by atoms with Crippen LogP contribution in [0.5, 0.6) is 0 Å². The van der Waals surface area contributed by atoms with Crippen molar-refractivity contribution in [3.8, 4) is 0 Å². The van der Waals surface area contributed by atoms with Crippen LogP contribution >= 0.6 is 23.2 Å². The SMILES string of the molecule is Nc1cc(Cl)c(S(=O)(=O)NCc2ccno2)c(Cl)c1. The van der Waals surface area contributed by atoms with Gasteiger partial charge < -0.3 is 10.3 Å². The Morgan fingerprint density at radius 2 is 1.95 bits per heavy atom. The van der Waals surface area contributed by atoms with Crippen LogP contribution in [-0.2, 0) is 16.6 Å². The van der Waals surface area contributed by atoms with Crippen LogP contribution in [-0.4, -0.2) is 13.6 Å². The number of benzene rings is 1. The molecule has 0 aliphatic carbocycles. The van der Waals surface area contributed by atoms with Crippen molar-refractivity contribution >= 4 is 38.9 Å². The van der Waals surface area contributed by atoms with Crippen molar-refractivity contribution in [3.05, 3.63) is 40.2 Å². The van der Waals surface area contributed by atoms with Crippen molar-refractivity contribution in [2.24, 2.45) is 0 Å². The third kappa shape index (κ3) is 3.19. The molecule has 0 radical (unpaired) electrons. The maximum absolute atomic E-state index is 12.1. The number of rotatable bonds is 4. The average molecular weight is 322 g/mol. The van der Waals surface area contributed by atoms with E-state index in [1.165, 1.54) is 24.4 Å². The number of nitrogens with two attached hydrogens (primary N) is 1. The Bertz CT molecular complexity index is 663. The summed E-state index contributed by atoms with van der Waals surface area (Å²) in [5.41, 5.74) is 5.80. The molecule has 0 atom stereocenters. The Hall–Kier alpha value is -1.28. The molecule has 0 aliphatic heterocycles. The lowest BCUT2D eigenvalue weighted by atomic mass is 10.3. The molecule has 0 saturated heterocycles. The van der Waals surface area contributed by atoms with Gasteiger partial charge in [-0.1, -0.05) is 28.4 Å². The first-order valence-electron chi connectivity index (χ1n) is 5.04. The number of nitrogens with one attached hydrogen (secondary N) is 1. The second-order valence-electron chi connectivity index (χ2n) is 3.62. The van der Waals surface area contributed by atoms with Crippen molar-refractivity contribution < 1.29 is 12.9 Å². The fourth-order valence-corrected chi connectivity index (χ4v) is 3.63. The molecule has 1 aromatic heterocycles. The summed E-state index contributed by atoms with van der Waals surface area (Å²) in [7, 11) is -3.87. The van der Waals surface area contributed by atoms with Gasteiger partial charge in [0.2, 0.25) is 10.0 Å². The van der Waals surface area contributed by atoms with Gasteiger partial charge in [0.15, 0.2) is 5.76 Å². The second kappa shape index (κ2) is 5.38. The standard InChI is InChI=1S/C10H9Cl2N3O3S/c11-8-3-6(13)4-9(12)10(8)19(16,17)15-5-7-1-2-14-18-7/h1-4,15H,5,13H2. The fourth-order valence-electron chi connectivity index (χ4n) is 1.41. The van der Waals surface area contributed by atoms with Gasteiger partial charge in [-0.15, -0.1) is 0 Å². The van der Waals surface area contributed by atoms with Crippen LogP contribution in [0.15, 0.2) is 33.8 Å². The highest BCUT2D eigenvalue weighted by atomic mass is 35.5. The van der Waals surface area contributed by atoms with E-state index in [9.17, 15) is 8.42 Å². The van der Waals surface area contributed by atoms with E-state index in [1.807, 2.05) is 0 Å². The lowest BCUT2D eigenvalue weighted by molar-refractivity contribution is 0.380. The highest BCUT2D eigenvalue weighted by Crippen LogP contribution is 2.31. The number of hydrogen-bond donors (Lipinski definition) is 2. The van der Waals surface area contributed by atoms with Gasteiger partial charge in [-0.2, -0.15) is 0 Å². The van der Waals surface area contributed by atoms with Crippen molar-refractivity contribution in [1.82, 2.24) is 9.88 Å². The highest BCUT2D eigenvalue weighted by Gasteiger charge is 2.22. The Morgan fingerprint density at radius 1 is 1.32 bits per heavy atom. The predicted molar refractivity (Wildman–Crippen MR) is 71.4 cm³/mol. The van der Waals surface area contributed by atoms with Gasteiger partial charge in [-0.05, 0) is 12.1 Å². The monoisotopic (exact) mass is 321 g/mol. The molecule has 19 heavy (non-hydrogen) atoms. The number of halogens is 2. The van der Waals surface area contributed by atoms with Gasteiger partial charge in [-0.3, -0.25) is 0 Å². The normalized spacial score (nSPS) is 11.7. The smallest absolute Gasteiger partial charge is 0.243 e. The van der Waals surface area contributed by atoms with Crippen LogP contribution in [0, 0.1) is 0 Å². The molecule has 0 saturated carbocycles. The van der Waals surface area contributed by atoms with Gasteiger partial charge in [-0.25, -0.2) is 13.1 Å². The molecule has 3 N–H and O–H groups in total. The van der Waals surface area contributed by atoms with Crippen LogP contribution in [0.1, 0.15) is 5.76 Å². The van der Waals surface area contributed by atoms with E-state index >= 15 is 0 Å². The molecular weight excluding hydrogens is 313 g/mol. The lowest BCUT2D eigenvalue weighted by Crippen LogP contribution is -2.23. The van der Waals surface area contributed by atoms with Crippen LogP contribution < -0.4 is 10.5 Å². The molecule has 6 nitrogen and oxygen atoms in total. The van der Waals surface area contributed by atoms with Crippen LogP contribution in [0.25, 0.3) is 0 Å². The summed E-state index contributed by atoms with van der Waals surface area (Å²) < 4.78 is 31.3. The molecule has 0 fully saturated rings. The molecule has 0 bridgehead atoms. The molecule has 2 rings (SSSR count). The summed E-state index contributed by atoms with van der Waals surface area (Å²) in [6, 6.07) is 4.17. The van der Waals surface area contributed by atoms with E-state index in [2.05, 4.69) is 9.88 Å². The molecule has 102 valence electrons. The van der Waals surface area contributed by atoms with E-state index in [1.54, 1.807) is 0 Å². The van der Waals surface area contributed by atoms with Gasteiger partial charge in [0.1, 0.15) is 4.90 Å². The van der Waals surface area contributed by atoms with Crippen molar-refractivity contribution in [2.75, 3.05) is 5.73 Å². The van der Waals surface area contributed by atoms with Crippen molar-refractivity contribution in [2.45, 2.75) is 11.4 Å². The van der Waals surface area contributed by atoms with Crippen LogP contribution in [0.3, 0.4) is 0 Å². The molecule has 0 unspecified atom stereocenters. The number of aromatic nitrogens is 1. The van der Waals surface area contributed by atoms with Gasteiger partial charge >= 0.3 is 0 Å². The van der Waals surface area contributed by atoms with E-state index in [-0.39, 0.29) is 27.2 Å². The Balaban J connectivity index is 2.29. The van der Waals surface area contributed by atoms with Crippen molar-refractivity contribution in [3.63, 3.8) is 0 Å². The Labute approximate surface area is 119 Å². The predicted octanol–water partition coefficient (Wildman–Crippen LogP) is 2.04. The van der Waals surface area contributed by atoms with Crippen LogP contribution in [0.2, 0.25) is 10.0 Å². The van der Waals surface area contributed by atoms with E-state index in [0.717, 1.165) is 0 Å². The summed E-state index contributed by atoms with van der Waals surface area (Å²) in [5, 5.41) is 3.37. The number of nitrogens with zero attached hydrogens (tertiary/aromatic N) is 1. The van der Waals surface area contributed by atoms with E-state index < -0.39 is 10.0 Å². The number of hydrogen-bond acceptors (Lipinski definition) is 5. The molecule has 0 aliphatic rings. The first-order valence-corrected chi connectivity index (χ1v) is 7.28. The average Bonchev–Trinajstić information content (AvgIpc) is 2.77. The van der Waals surface area contributed by atoms with Gasteiger partial charge in [0.25, 0.3) is 0 Å². The third-order valence-electron chi connectivity index (χ3n) is 2.22. The minimum absolute atomic E-state index is 0.0462. The zero-order valence-electron chi connectivity index (χ0n) is 9.43. The number of nitrogen functional groups attached to an aromatic ring is 1. The first kappa shape index (κ1) is 14.1. The summed E-state index contributed by atoms with van der Waals surface area (Å²) >= 11 is 11.7. The first-order chi connectivity index (χ1) is 8.90. The quantitative estimate of drug-likeness (QED) is 0.839. The Kier molecular flexibility index (Phi) is 4.00. The minimum atomic E-state index is -3.87. The third-order valence-corrected chi connectivity index (χ3v) is 4.54. The van der Waals surface area contributed by atoms with E-state index in [0.29, 0.717) is 5.76 Å². The molecule has 1 aromatic carbocycles. The van der Waals surface area contributed by atoms with E-state index in [4.69, 9.17) is 33.5 Å². The minimum Gasteiger partial charge on any atom is -0.399 e. The highest BCUT2D eigenvalue weighted by molar-refractivity contribution is 7.89. The summed E-state index contributed by atoms with van der Waals surface area (Å²) in [6.07, 6.45) is 1.41. The zero-order valence-corrected chi connectivity index (χ0v) is 11.8. The maximum Gasteiger partial charge on any atom is 0.243 e. The Morgan fingerprint density at radius 3 is 2.47 bits per heavy atom. The van der Waals surface area contributed by atoms with Gasteiger partial charge in [0, 0.05) is 11.8 Å². The molecule has 0 spiro atoms. The maximum atomic E-state index is 12.1. The molecule has 0 amide bonds. The zero-order chi connectivity index (χ0) is 14.0. The second-order valence-corrected chi connectivity index (χ2v) is 6.14. The lowest BCUT2D eigenvalue weighted by Gasteiger charge is -2.09. The molecular formula is C10H9Cl2N3O3S. The fraction of sp³-hybridized carbons (Fsp3) is 0.100. The van der Waals surface area contributed by atoms with Gasteiger partial charge in [0.05, 0.1) is 22.8 Å². The summed E-state index contributed by atoms with van der Waals surface area (Å²) in [4.78, 5) is -0.218. The van der Waals surface area contributed by atoms with Crippen molar-refractivity contribution in [1.29, 1.82) is 0 Å². The number of sulfonamides is 1. The topological polar surface area (TPSA) is 98.2 Å². The largest absolute Gasteiger partial charge is 0.399 e. The summed E-state index contributed by atoms with van der Waals surface area (Å²) in [5.74, 6) is 0.367. The molecule has 1 heterocycles. The summed E-state index contributed by atoms with van der Waals surface area (Å²) in [6.45, 7) is -0.0562. The number of anilines is 1. The van der Waals surface area contributed by atoms with Crippen LogP contribution in [0.4, 0.5) is 5.69 Å². The molecule has 9 heteroatoms. The molecule has 2 aromatic rings.